The highest BCUT2D eigenvalue weighted by molar-refractivity contribution is 5.92. The molecule has 1 aliphatic rings. The molecule has 2 N–H and O–H groups in total. The van der Waals surface area contributed by atoms with Crippen molar-refractivity contribution in [3.8, 4) is 11.4 Å². The quantitative estimate of drug-likeness (QED) is 0.904. The maximum absolute atomic E-state index is 12.1. The van der Waals surface area contributed by atoms with Crippen LogP contribution >= 0.6 is 0 Å². The Labute approximate surface area is 123 Å². The molecule has 1 amide bonds. The number of piperidine rings is 1. The molecular weight excluding hydrogens is 264 g/mol. The number of carbonyl (C=O) groups is 1. The molecule has 1 atom stereocenters. The normalized spacial score (nSPS) is 18.2. The van der Waals surface area contributed by atoms with Crippen molar-refractivity contribution in [1.82, 2.24) is 15.3 Å². The third-order valence-corrected chi connectivity index (χ3v) is 3.62. The van der Waals surface area contributed by atoms with Crippen molar-refractivity contribution >= 4 is 11.6 Å². The molecule has 1 aliphatic heterocycles. The first-order chi connectivity index (χ1) is 10.3. The lowest BCUT2D eigenvalue weighted by atomic mass is 9.99. The van der Waals surface area contributed by atoms with Gasteiger partial charge in [0.2, 0.25) is 5.91 Å². The second-order valence-electron chi connectivity index (χ2n) is 5.19. The number of amides is 1. The summed E-state index contributed by atoms with van der Waals surface area (Å²) in [6.45, 7) is 1.74. The van der Waals surface area contributed by atoms with Crippen LogP contribution in [0.15, 0.2) is 42.7 Å². The molecule has 3 rings (SSSR count). The molecule has 5 nitrogen and oxygen atoms in total. The Hall–Kier alpha value is -2.27. The van der Waals surface area contributed by atoms with Crippen LogP contribution in [0, 0.1) is 5.92 Å². The largest absolute Gasteiger partial charge is 0.323 e. The van der Waals surface area contributed by atoms with E-state index in [0.29, 0.717) is 11.5 Å². The smallest absolute Gasteiger partial charge is 0.228 e. The van der Waals surface area contributed by atoms with Crippen LogP contribution in [0.5, 0.6) is 0 Å². The van der Waals surface area contributed by atoms with E-state index in [1.165, 1.54) is 0 Å². The van der Waals surface area contributed by atoms with E-state index in [2.05, 4.69) is 20.6 Å². The van der Waals surface area contributed by atoms with Crippen LogP contribution in [0.1, 0.15) is 12.8 Å². The van der Waals surface area contributed by atoms with E-state index < -0.39 is 0 Å². The van der Waals surface area contributed by atoms with Crippen LogP contribution in [0.2, 0.25) is 0 Å². The lowest BCUT2D eigenvalue weighted by Gasteiger charge is -2.21. The van der Waals surface area contributed by atoms with Gasteiger partial charge in [0.15, 0.2) is 5.82 Å². The number of anilines is 1. The predicted molar refractivity (Wildman–Crippen MR) is 81.7 cm³/mol. The highest BCUT2D eigenvalue weighted by atomic mass is 16.1. The van der Waals surface area contributed by atoms with E-state index >= 15 is 0 Å². The first-order valence-electron chi connectivity index (χ1n) is 7.22. The number of hydrogen-bond acceptors (Lipinski definition) is 4. The zero-order valence-corrected chi connectivity index (χ0v) is 11.7. The number of nitrogens with zero attached hydrogens (tertiary/aromatic N) is 2. The molecule has 0 aliphatic carbocycles. The minimum atomic E-state index is 0.0348. The molecule has 0 radical (unpaired) electrons. The fourth-order valence-electron chi connectivity index (χ4n) is 2.45. The van der Waals surface area contributed by atoms with Gasteiger partial charge in [-0.3, -0.25) is 4.79 Å². The summed E-state index contributed by atoms with van der Waals surface area (Å²) in [7, 11) is 0. The summed E-state index contributed by atoms with van der Waals surface area (Å²) in [6, 6.07) is 9.77. The standard InChI is InChI=1S/C16H18N4O/c21-16(13-7-4-8-17-9-13)20-14-10-18-15(19-11-14)12-5-2-1-3-6-12/h1-3,5-6,10-11,13,17H,4,7-9H2,(H,20,21)/t13-/m0/s1. The summed E-state index contributed by atoms with van der Waals surface area (Å²) >= 11 is 0. The van der Waals surface area contributed by atoms with Crippen molar-refractivity contribution in [1.29, 1.82) is 0 Å². The molecule has 1 aromatic heterocycles. The second kappa shape index (κ2) is 6.45. The van der Waals surface area contributed by atoms with Gasteiger partial charge < -0.3 is 10.6 Å². The van der Waals surface area contributed by atoms with Crippen molar-refractivity contribution in [2.24, 2.45) is 5.92 Å². The summed E-state index contributed by atoms with van der Waals surface area (Å²) in [5, 5.41) is 6.13. The van der Waals surface area contributed by atoms with Gasteiger partial charge in [-0.1, -0.05) is 30.3 Å². The average molecular weight is 282 g/mol. The maximum Gasteiger partial charge on any atom is 0.228 e. The van der Waals surface area contributed by atoms with Crippen LogP contribution in [0.3, 0.4) is 0 Å². The van der Waals surface area contributed by atoms with Crippen molar-refractivity contribution in [3.63, 3.8) is 0 Å². The first-order valence-corrected chi connectivity index (χ1v) is 7.22. The summed E-state index contributed by atoms with van der Waals surface area (Å²) in [5.41, 5.74) is 1.61. The Kier molecular flexibility index (Phi) is 4.21. The first kappa shape index (κ1) is 13.7. The molecular formula is C16H18N4O. The molecule has 2 heterocycles. The summed E-state index contributed by atoms with van der Waals surface area (Å²) in [4.78, 5) is 20.7. The molecule has 0 saturated carbocycles. The fraction of sp³-hybridized carbons (Fsp3) is 0.312. The Morgan fingerprint density at radius 1 is 1.19 bits per heavy atom. The van der Waals surface area contributed by atoms with E-state index in [4.69, 9.17) is 0 Å². The zero-order chi connectivity index (χ0) is 14.5. The van der Waals surface area contributed by atoms with E-state index in [9.17, 15) is 4.79 Å². The lowest BCUT2D eigenvalue weighted by Crippen LogP contribution is -2.37. The van der Waals surface area contributed by atoms with Gasteiger partial charge in [-0.05, 0) is 19.4 Å². The van der Waals surface area contributed by atoms with E-state index in [-0.39, 0.29) is 11.8 Å². The second-order valence-corrected chi connectivity index (χ2v) is 5.19. The Morgan fingerprint density at radius 2 is 1.95 bits per heavy atom. The van der Waals surface area contributed by atoms with Crippen LogP contribution in [-0.4, -0.2) is 29.0 Å². The van der Waals surface area contributed by atoms with E-state index in [1.807, 2.05) is 30.3 Å². The molecule has 5 heteroatoms. The summed E-state index contributed by atoms with van der Waals surface area (Å²) in [5.74, 6) is 0.735. The zero-order valence-electron chi connectivity index (χ0n) is 11.7. The highest BCUT2D eigenvalue weighted by Gasteiger charge is 2.20. The number of benzene rings is 1. The van der Waals surface area contributed by atoms with Crippen molar-refractivity contribution in [3.05, 3.63) is 42.7 Å². The fourth-order valence-corrected chi connectivity index (χ4v) is 2.45. The average Bonchev–Trinajstić information content (AvgIpc) is 2.57. The number of rotatable bonds is 3. The van der Waals surface area contributed by atoms with Crippen molar-refractivity contribution < 1.29 is 4.79 Å². The van der Waals surface area contributed by atoms with Gasteiger partial charge in [0, 0.05) is 12.1 Å². The molecule has 0 bridgehead atoms. The van der Waals surface area contributed by atoms with Crippen LogP contribution in [0.4, 0.5) is 5.69 Å². The Bertz CT molecular complexity index is 591. The molecule has 1 fully saturated rings. The van der Waals surface area contributed by atoms with Gasteiger partial charge in [-0.25, -0.2) is 9.97 Å². The van der Waals surface area contributed by atoms with Crippen LogP contribution in [-0.2, 0) is 4.79 Å². The third-order valence-electron chi connectivity index (χ3n) is 3.62. The van der Waals surface area contributed by atoms with Gasteiger partial charge >= 0.3 is 0 Å². The predicted octanol–water partition coefficient (Wildman–Crippen LogP) is 2.08. The highest BCUT2D eigenvalue weighted by Crippen LogP contribution is 2.16. The van der Waals surface area contributed by atoms with Gasteiger partial charge in [0.1, 0.15) is 0 Å². The Morgan fingerprint density at radius 3 is 2.62 bits per heavy atom. The lowest BCUT2D eigenvalue weighted by molar-refractivity contribution is -0.120. The minimum absolute atomic E-state index is 0.0348. The molecule has 108 valence electrons. The summed E-state index contributed by atoms with van der Waals surface area (Å²) in [6.07, 6.45) is 5.29. The van der Waals surface area contributed by atoms with E-state index in [0.717, 1.165) is 31.5 Å². The van der Waals surface area contributed by atoms with Gasteiger partial charge in [-0.2, -0.15) is 0 Å². The molecule has 21 heavy (non-hydrogen) atoms. The van der Waals surface area contributed by atoms with E-state index in [1.54, 1.807) is 12.4 Å². The maximum atomic E-state index is 12.1. The number of carbonyl (C=O) groups excluding carboxylic acids is 1. The van der Waals surface area contributed by atoms with Crippen molar-refractivity contribution in [2.75, 3.05) is 18.4 Å². The van der Waals surface area contributed by atoms with Crippen LogP contribution < -0.4 is 10.6 Å². The monoisotopic (exact) mass is 282 g/mol. The summed E-state index contributed by atoms with van der Waals surface area (Å²) < 4.78 is 0. The topological polar surface area (TPSA) is 66.9 Å². The number of aromatic nitrogens is 2. The number of hydrogen-bond donors (Lipinski definition) is 2. The molecule has 2 aromatic rings. The van der Waals surface area contributed by atoms with Gasteiger partial charge in [0.25, 0.3) is 0 Å². The van der Waals surface area contributed by atoms with Gasteiger partial charge in [-0.15, -0.1) is 0 Å². The minimum Gasteiger partial charge on any atom is -0.323 e. The molecule has 0 unspecified atom stereocenters. The molecule has 0 spiro atoms. The Balaban J connectivity index is 1.65. The van der Waals surface area contributed by atoms with Crippen molar-refractivity contribution in [2.45, 2.75) is 12.8 Å². The molecule has 1 aromatic carbocycles. The SMILES string of the molecule is O=C(Nc1cnc(-c2ccccc2)nc1)[C@H]1CCCNC1. The van der Waals surface area contributed by atoms with Crippen LogP contribution in [0.25, 0.3) is 11.4 Å². The molecule has 1 saturated heterocycles. The number of nitrogens with one attached hydrogen (secondary N) is 2. The van der Waals surface area contributed by atoms with Gasteiger partial charge in [0.05, 0.1) is 24.0 Å². The third kappa shape index (κ3) is 3.44.